The average molecular weight is 263 g/mol. The summed E-state index contributed by atoms with van der Waals surface area (Å²) < 4.78 is 0. The highest BCUT2D eigenvalue weighted by atomic mass is 32.2. The van der Waals surface area contributed by atoms with Gasteiger partial charge in [-0.05, 0) is 38.1 Å². The first-order valence-corrected chi connectivity index (χ1v) is 7.48. The predicted octanol–water partition coefficient (Wildman–Crippen LogP) is 3.35. The van der Waals surface area contributed by atoms with Crippen molar-refractivity contribution in [2.45, 2.75) is 37.9 Å². The summed E-state index contributed by atoms with van der Waals surface area (Å²) >= 11 is 1.80. The Morgan fingerprint density at radius 1 is 1.44 bits per heavy atom. The molecule has 2 rings (SSSR count). The Kier molecular flexibility index (Phi) is 4.66. The van der Waals surface area contributed by atoms with Crippen molar-refractivity contribution in [1.29, 1.82) is 0 Å². The number of thioether (sulfide) groups is 1. The number of H-pyrrole nitrogens is 1. The summed E-state index contributed by atoms with van der Waals surface area (Å²) in [6.07, 6.45) is 2.42. The molecule has 0 saturated heterocycles. The van der Waals surface area contributed by atoms with Crippen LogP contribution in [0.4, 0.5) is 0 Å². The number of nitrogens with zero attached hydrogens (tertiary/aromatic N) is 1. The molecule has 0 aliphatic heterocycles. The van der Waals surface area contributed by atoms with E-state index in [1.165, 1.54) is 18.4 Å². The summed E-state index contributed by atoms with van der Waals surface area (Å²) in [5.74, 6) is 1.06. The molecule has 0 aliphatic carbocycles. The minimum Gasteiger partial charge on any atom is -0.333 e. The predicted molar refractivity (Wildman–Crippen MR) is 79.3 cm³/mol. The van der Waals surface area contributed by atoms with Gasteiger partial charge >= 0.3 is 0 Å². The normalized spacial score (nSPS) is 13.1. The highest BCUT2D eigenvalue weighted by Crippen LogP contribution is 2.21. The molecule has 0 amide bonds. The van der Waals surface area contributed by atoms with Gasteiger partial charge in [0.05, 0.1) is 11.0 Å². The molecule has 1 heterocycles. The number of fused-ring (bicyclic) bond motifs is 1. The van der Waals surface area contributed by atoms with Crippen LogP contribution in [0.1, 0.15) is 25.3 Å². The standard InChI is InChI=1S/C14H21N3S/c1-4-5-11(15-3)9-18-14-16-12-7-6-10(2)8-13(12)17-14/h6-8,11,15H,4-5,9H2,1-3H3,(H,16,17). The minimum absolute atomic E-state index is 0.565. The fourth-order valence-electron chi connectivity index (χ4n) is 2.01. The third kappa shape index (κ3) is 3.27. The van der Waals surface area contributed by atoms with Crippen molar-refractivity contribution >= 4 is 22.8 Å². The molecule has 1 aromatic heterocycles. The lowest BCUT2D eigenvalue weighted by atomic mass is 10.2. The zero-order chi connectivity index (χ0) is 13.0. The van der Waals surface area contributed by atoms with E-state index in [-0.39, 0.29) is 0 Å². The van der Waals surface area contributed by atoms with Crippen molar-refractivity contribution in [3.8, 4) is 0 Å². The van der Waals surface area contributed by atoms with Crippen molar-refractivity contribution < 1.29 is 0 Å². The Balaban J connectivity index is 2.03. The van der Waals surface area contributed by atoms with E-state index in [1.807, 2.05) is 7.05 Å². The highest BCUT2D eigenvalue weighted by Gasteiger charge is 2.08. The molecule has 3 nitrogen and oxygen atoms in total. The van der Waals surface area contributed by atoms with E-state index in [2.05, 4.69) is 47.3 Å². The zero-order valence-electron chi connectivity index (χ0n) is 11.3. The van der Waals surface area contributed by atoms with Crippen LogP contribution in [0.5, 0.6) is 0 Å². The SMILES string of the molecule is CCCC(CSc1nc2ccc(C)cc2[nH]1)NC. The van der Waals surface area contributed by atoms with E-state index in [0.717, 1.165) is 21.9 Å². The van der Waals surface area contributed by atoms with Gasteiger partial charge in [-0.15, -0.1) is 0 Å². The van der Waals surface area contributed by atoms with Gasteiger partial charge in [-0.1, -0.05) is 31.2 Å². The van der Waals surface area contributed by atoms with Crippen molar-refractivity contribution in [1.82, 2.24) is 15.3 Å². The van der Waals surface area contributed by atoms with Gasteiger partial charge in [0.15, 0.2) is 5.16 Å². The van der Waals surface area contributed by atoms with Crippen molar-refractivity contribution in [3.63, 3.8) is 0 Å². The highest BCUT2D eigenvalue weighted by molar-refractivity contribution is 7.99. The van der Waals surface area contributed by atoms with Gasteiger partial charge in [0.1, 0.15) is 0 Å². The molecule has 18 heavy (non-hydrogen) atoms. The fraction of sp³-hybridized carbons (Fsp3) is 0.500. The molecule has 0 radical (unpaired) electrons. The first-order valence-electron chi connectivity index (χ1n) is 6.49. The Bertz CT molecular complexity index is 507. The van der Waals surface area contributed by atoms with Crippen LogP contribution in [0, 0.1) is 6.92 Å². The molecule has 2 aromatic rings. The van der Waals surface area contributed by atoms with Gasteiger partial charge in [-0.3, -0.25) is 0 Å². The molecule has 98 valence electrons. The number of rotatable bonds is 6. The van der Waals surface area contributed by atoms with Gasteiger partial charge in [0, 0.05) is 11.8 Å². The molecule has 0 spiro atoms. The topological polar surface area (TPSA) is 40.7 Å². The maximum atomic E-state index is 4.60. The molecule has 0 bridgehead atoms. The summed E-state index contributed by atoms with van der Waals surface area (Å²) in [5, 5.41) is 4.37. The first kappa shape index (κ1) is 13.4. The lowest BCUT2D eigenvalue weighted by molar-refractivity contribution is 0.564. The lowest BCUT2D eigenvalue weighted by Crippen LogP contribution is -2.27. The molecule has 0 aliphatic rings. The Hall–Kier alpha value is -1.00. The number of aryl methyl sites for hydroxylation is 1. The molecule has 1 unspecified atom stereocenters. The maximum absolute atomic E-state index is 4.60. The summed E-state index contributed by atoms with van der Waals surface area (Å²) in [4.78, 5) is 7.98. The second-order valence-electron chi connectivity index (χ2n) is 4.65. The summed E-state index contributed by atoms with van der Waals surface area (Å²) in [6.45, 7) is 4.32. The fourth-order valence-corrected chi connectivity index (χ4v) is 3.04. The summed E-state index contributed by atoms with van der Waals surface area (Å²) in [5.41, 5.74) is 3.45. The van der Waals surface area contributed by atoms with E-state index in [0.29, 0.717) is 6.04 Å². The minimum atomic E-state index is 0.565. The van der Waals surface area contributed by atoms with E-state index < -0.39 is 0 Å². The van der Waals surface area contributed by atoms with E-state index >= 15 is 0 Å². The third-order valence-electron chi connectivity index (χ3n) is 3.08. The van der Waals surface area contributed by atoms with E-state index in [1.54, 1.807) is 11.8 Å². The van der Waals surface area contributed by atoms with Crippen LogP contribution >= 0.6 is 11.8 Å². The Morgan fingerprint density at radius 2 is 2.28 bits per heavy atom. The van der Waals surface area contributed by atoms with Crippen LogP contribution in [0.15, 0.2) is 23.4 Å². The number of aromatic amines is 1. The van der Waals surface area contributed by atoms with Gasteiger partial charge in [0.2, 0.25) is 0 Å². The zero-order valence-corrected chi connectivity index (χ0v) is 12.1. The largest absolute Gasteiger partial charge is 0.333 e. The summed E-state index contributed by atoms with van der Waals surface area (Å²) in [7, 11) is 2.03. The van der Waals surface area contributed by atoms with Crippen LogP contribution in [0.25, 0.3) is 11.0 Å². The van der Waals surface area contributed by atoms with Gasteiger partial charge in [0.25, 0.3) is 0 Å². The summed E-state index contributed by atoms with van der Waals surface area (Å²) in [6, 6.07) is 6.89. The molecular formula is C14H21N3S. The molecule has 0 fully saturated rings. The molecule has 2 N–H and O–H groups in total. The first-order chi connectivity index (χ1) is 8.72. The molecule has 1 atom stereocenters. The number of aromatic nitrogens is 2. The Morgan fingerprint density at radius 3 is 3.00 bits per heavy atom. The van der Waals surface area contributed by atoms with Crippen LogP contribution in [-0.2, 0) is 0 Å². The van der Waals surface area contributed by atoms with Gasteiger partial charge in [-0.2, -0.15) is 0 Å². The van der Waals surface area contributed by atoms with Gasteiger partial charge in [-0.25, -0.2) is 4.98 Å². The number of benzene rings is 1. The molecule has 4 heteroatoms. The van der Waals surface area contributed by atoms with Crippen LogP contribution in [-0.4, -0.2) is 28.8 Å². The second-order valence-corrected chi connectivity index (χ2v) is 5.66. The number of hydrogen-bond acceptors (Lipinski definition) is 3. The second kappa shape index (κ2) is 6.25. The molecule has 1 aromatic carbocycles. The monoisotopic (exact) mass is 263 g/mol. The molecular weight excluding hydrogens is 242 g/mol. The van der Waals surface area contributed by atoms with Crippen molar-refractivity contribution in [2.24, 2.45) is 0 Å². The van der Waals surface area contributed by atoms with Crippen LogP contribution < -0.4 is 5.32 Å². The quantitative estimate of drug-likeness (QED) is 0.785. The molecule has 0 saturated carbocycles. The van der Waals surface area contributed by atoms with E-state index in [9.17, 15) is 0 Å². The Labute approximate surface area is 113 Å². The number of imidazole rings is 1. The third-order valence-corrected chi connectivity index (χ3v) is 4.12. The van der Waals surface area contributed by atoms with E-state index in [4.69, 9.17) is 0 Å². The van der Waals surface area contributed by atoms with Crippen molar-refractivity contribution in [2.75, 3.05) is 12.8 Å². The lowest BCUT2D eigenvalue weighted by Gasteiger charge is -2.13. The van der Waals surface area contributed by atoms with Crippen LogP contribution in [0.2, 0.25) is 0 Å². The van der Waals surface area contributed by atoms with Crippen LogP contribution in [0.3, 0.4) is 0 Å². The van der Waals surface area contributed by atoms with Gasteiger partial charge < -0.3 is 10.3 Å². The smallest absolute Gasteiger partial charge is 0.166 e. The average Bonchev–Trinajstić information content (AvgIpc) is 2.76. The maximum Gasteiger partial charge on any atom is 0.166 e. The number of hydrogen-bond donors (Lipinski definition) is 2. The number of nitrogens with one attached hydrogen (secondary N) is 2. The van der Waals surface area contributed by atoms with Crippen molar-refractivity contribution in [3.05, 3.63) is 23.8 Å².